The number of carbonyl (C=O) groups is 1. The van der Waals surface area contributed by atoms with Gasteiger partial charge in [-0.25, -0.2) is 8.42 Å². The van der Waals surface area contributed by atoms with Crippen LogP contribution in [0.1, 0.15) is 13.3 Å². The summed E-state index contributed by atoms with van der Waals surface area (Å²) in [4.78, 5) is 16.9. The summed E-state index contributed by atoms with van der Waals surface area (Å²) in [5, 5.41) is 2.90. The third-order valence-corrected chi connectivity index (χ3v) is 7.01. The van der Waals surface area contributed by atoms with Crippen molar-refractivity contribution in [2.45, 2.75) is 25.4 Å². The van der Waals surface area contributed by atoms with E-state index in [0.717, 1.165) is 37.6 Å². The second-order valence-electron chi connectivity index (χ2n) is 6.98. The smallest absolute Gasteiger partial charge is 0.237 e. The van der Waals surface area contributed by atoms with Crippen LogP contribution in [0.2, 0.25) is 0 Å². The standard InChI is InChI=1S/C18H27N3O4S/c1-14(18(22)19-15-7-12-26(23,24)13-15)20-8-10-21(11-9-20)16-5-3-4-6-17(16)25-2/h3-6,14-15H,7-13H2,1-2H3,(H,19,22)/t14-,15+/m1/s1. The Balaban J connectivity index is 1.53. The number of nitrogens with zero attached hydrogens (tertiary/aromatic N) is 2. The highest BCUT2D eigenvalue weighted by atomic mass is 32.2. The number of rotatable bonds is 5. The van der Waals surface area contributed by atoms with E-state index in [2.05, 4.69) is 15.1 Å². The zero-order chi connectivity index (χ0) is 18.7. The van der Waals surface area contributed by atoms with Crippen molar-refractivity contribution < 1.29 is 17.9 Å². The molecule has 26 heavy (non-hydrogen) atoms. The van der Waals surface area contributed by atoms with E-state index in [-0.39, 0.29) is 29.5 Å². The van der Waals surface area contributed by atoms with Crippen molar-refractivity contribution in [2.24, 2.45) is 0 Å². The maximum atomic E-state index is 12.5. The Labute approximate surface area is 155 Å². The van der Waals surface area contributed by atoms with Crippen LogP contribution in [-0.4, -0.2) is 76.1 Å². The number of para-hydroxylation sites is 2. The molecule has 1 aromatic rings. The van der Waals surface area contributed by atoms with Crippen LogP contribution in [0.4, 0.5) is 5.69 Å². The minimum atomic E-state index is -2.98. The highest BCUT2D eigenvalue weighted by Gasteiger charge is 2.32. The average Bonchev–Trinajstić information content (AvgIpc) is 2.99. The predicted octanol–water partition coefficient (Wildman–Crippen LogP) is 0.509. The molecule has 2 heterocycles. The summed E-state index contributed by atoms with van der Waals surface area (Å²) < 4.78 is 28.5. The van der Waals surface area contributed by atoms with Crippen LogP contribution in [0.5, 0.6) is 5.75 Å². The third kappa shape index (κ3) is 4.29. The number of ether oxygens (including phenoxy) is 1. The fourth-order valence-corrected chi connectivity index (χ4v) is 5.31. The molecular weight excluding hydrogens is 354 g/mol. The number of piperazine rings is 1. The van der Waals surface area contributed by atoms with Gasteiger partial charge in [0.05, 0.1) is 30.3 Å². The summed E-state index contributed by atoms with van der Waals surface area (Å²) in [5.41, 5.74) is 1.07. The maximum Gasteiger partial charge on any atom is 0.237 e. The van der Waals surface area contributed by atoms with E-state index >= 15 is 0 Å². The molecule has 1 amide bonds. The number of sulfone groups is 1. The molecule has 8 heteroatoms. The lowest BCUT2D eigenvalue weighted by Gasteiger charge is -2.39. The van der Waals surface area contributed by atoms with E-state index < -0.39 is 9.84 Å². The molecule has 0 bridgehead atoms. The number of amides is 1. The van der Waals surface area contributed by atoms with Crippen LogP contribution < -0.4 is 15.0 Å². The average molecular weight is 381 g/mol. The fraction of sp³-hybridized carbons (Fsp3) is 0.611. The van der Waals surface area contributed by atoms with E-state index in [9.17, 15) is 13.2 Å². The van der Waals surface area contributed by atoms with Crippen LogP contribution in [-0.2, 0) is 14.6 Å². The van der Waals surface area contributed by atoms with Crippen molar-refractivity contribution in [1.29, 1.82) is 0 Å². The molecule has 144 valence electrons. The topological polar surface area (TPSA) is 79.0 Å². The van der Waals surface area contributed by atoms with Gasteiger partial charge in [0.2, 0.25) is 5.91 Å². The first-order valence-electron chi connectivity index (χ1n) is 9.02. The van der Waals surface area contributed by atoms with Crippen LogP contribution in [0.25, 0.3) is 0 Å². The van der Waals surface area contributed by atoms with Crippen molar-refractivity contribution in [1.82, 2.24) is 10.2 Å². The first-order chi connectivity index (χ1) is 12.4. The first-order valence-corrected chi connectivity index (χ1v) is 10.8. The van der Waals surface area contributed by atoms with Gasteiger partial charge in [0.25, 0.3) is 0 Å². The zero-order valence-corrected chi connectivity index (χ0v) is 16.2. The van der Waals surface area contributed by atoms with Crippen molar-refractivity contribution in [3.63, 3.8) is 0 Å². The normalized spacial score (nSPS) is 24.2. The van der Waals surface area contributed by atoms with Gasteiger partial charge in [-0.2, -0.15) is 0 Å². The molecule has 2 fully saturated rings. The van der Waals surface area contributed by atoms with E-state index in [4.69, 9.17) is 4.74 Å². The van der Waals surface area contributed by atoms with Crippen molar-refractivity contribution >= 4 is 21.4 Å². The second kappa shape index (κ2) is 7.84. The lowest BCUT2D eigenvalue weighted by molar-refractivity contribution is -0.126. The molecule has 3 rings (SSSR count). The number of benzene rings is 1. The van der Waals surface area contributed by atoms with Gasteiger partial charge in [-0.3, -0.25) is 9.69 Å². The molecule has 2 atom stereocenters. The third-order valence-electron chi connectivity index (χ3n) is 5.25. The Kier molecular flexibility index (Phi) is 5.72. The van der Waals surface area contributed by atoms with Gasteiger partial charge in [-0.05, 0) is 25.5 Å². The Morgan fingerprint density at radius 1 is 1.23 bits per heavy atom. The number of nitrogens with one attached hydrogen (secondary N) is 1. The predicted molar refractivity (Wildman–Crippen MR) is 101 cm³/mol. The molecular formula is C18H27N3O4S. The Morgan fingerprint density at radius 3 is 2.54 bits per heavy atom. The van der Waals surface area contributed by atoms with Crippen LogP contribution in [0, 0.1) is 0 Å². The molecule has 2 saturated heterocycles. The summed E-state index contributed by atoms with van der Waals surface area (Å²) in [6, 6.07) is 7.44. The zero-order valence-electron chi connectivity index (χ0n) is 15.3. The van der Waals surface area contributed by atoms with Gasteiger partial charge >= 0.3 is 0 Å². The lowest BCUT2D eigenvalue weighted by atomic mass is 10.1. The molecule has 0 aromatic heterocycles. The van der Waals surface area contributed by atoms with Crippen LogP contribution in [0.15, 0.2) is 24.3 Å². The molecule has 1 aromatic carbocycles. The maximum absolute atomic E-state index is 12.5. The van der Waals surface area contributed by atoms with E-state index in [1.807, 2.05) is 31.2 Å². The number of carbonyl (C=O) groups excluding carboxylic acids is 1. The Morgan fingerprint density at radius 2 is 1.92 bits per heavy atom. The molecule has 2 aliphatic heterocycles. The molecule has 1 N–H and O–H groups in total. The van der Waals surface area contributed by atoms with Gasteiger partial charge in [-0.15, -0.1) is 0 Å². The van der Waals surface area contributed by atoms with Gasteiger partial charge in [0.1, 0.15) is 5.75 Å². The summed E-state index contributed by atoms with van der Waals surface area (Å²) in [6.07, 6.45) is 0.516. The lowest BCUT2D eigenvalue weighted by Crippen LogP contribution is -2.55. The summed E-state index contributed by atoms with van der Waals surface area (Å²) in [6.45, 7) is 5.06. The quantitative estimate of drug-likeness (QED) is 0.801. The molecule has 2 aliphatic rings. The Hall–Kier alpha value is -1.80. The number of anilines is 1. The Bertz CT molecular complexity index is 745. The summed E-state index contributed by atoms with van der Waals surface area (Å²) in [7, 11) is -1.31. The van der Waals surface area contributed by atoms with Gasteiger partial charge in [0, 0.05) is 32.2 Å². The highest BCUT2D eigenvalue weighted by Crippen LogP contribution is 2.28. The van der Waals surface area contributed by atoms with Crippen molar-refractivity contribution in [3.05, 3.63) is 24.3 Å². The largest absolute Gasteiger partial charge is 0.495 e. The minimum absolute atomic E-state index is 0.0625. The van der Waals surface area contributed by atoms with E-state index in [0.29, 0.717) is 6.42 Å². The molecule has 0 spiro atoms. The monoisotopic (exact) mass is 381 g/mol. The van der Waals surface area contributed by atoms with E-state index in [1.54, 1.807) is 7.11 Å². The summed E-state index contributed by atoms with van der Waals surface area (Å²) >= 11 is 0. The number of methoxy groups -OCH3 is 1. The second-order valence-corrected chi connectivity index (χ2v) is 9.21. The highest BCUT2D eigenvalue weighted by molar-refractivity contribution is 7.91. The fourth-order valence-electron chi connectivity index (χ4n) is 3.64. The van der Waals surface area contributed by atoms with Gasteiger partial charge in [0.15, 0.2) is 9.84 Å². The summed E-state index contributed by atoms with van der Waals surface area (Å²) in [5.74, 6) is 1.00. The molecule has 7 nitrogen and oxygen atoms in total. The van der Waals surface area contributed by atoms with Gasteiger partial charge in [-0.1, -0.05) is 12.1 Å². The van der Waals surface area contributed by atoms with Crippen molar-refractivity contribution in [2.75, 3.05) is 49.7 Å². The minimum Gasteiger partial charge on any atom is -0.495 e. The van der Waals surface area contributed by atoms with E-state index in [1.165, 1.54) is 0 Å². The van der Waals surface area contributed by atoms with Crippen LogP contribution >= 0.6 is 0 Å². The molecule has 0 radical (unpaired) electrons. The number of hydrogen-bond acceptors (Lipinski definition) is 6. The first kappa shape index (κ1) is 19.0. The SMILES string of the molecule is COc1ccccc1N1CCN([C@H](C)C(=O)N[C@H]2CCS(=O)(=O)C2)CC1. The van der Waals surface area contributed by atoms with Crippen LogP contribution in [0.3, 0.4) is 0 Å². The number of hydrogen-bond donors (Lipinski definition) is 1. The van der Waals surface area contributed by atoms with Crippen molar-refractivity contribution in [3.8, 4) is 5.75 Å². The molecule has 0 aliphatic carbocycles. The van der Waals surface area contributed by atoms with Gasteiger partial charge < -0.3 is 15.0 Å². The molecule has 0 saturated carbocycles. The molecule has 0 unspecified atom stereocenters.